The minimum Gasteiger partial charge on any atom is -0.374 e. The molecular weight excluding hydrogens is 318 g/mol. The SMILES string of the molecule is Cc1ccn(C)c(=O)c1NC(=O)N1CCO[C@H](Cc2ccccc2)C1. The maximum Gasteiger partial charge on any atom is 0.322 e. The Kier molecular flexibility index (Phi) is 5.19. The predicted octanol–water partition coefficient (Wildman–Crippen LogP) is 2.17. The number of carbonyl (C=O) groups excluding carboxylic acids is 1. The van der Waals surface area contributed by atoms with Gasteiger partial charge in [0.1, 0.15) is 5.69 Å². The molecule has 2 heterocycles. The molecular formula is C19H23N3O3. The van der Waals surface area contributed by atoms with Crippen molar-refractivity contribution in [3.63, 3.8) is 0 Å². The molecule has 0 unspecified atom stereocenters. The molecule has 3 rings (SSSR count). The van der Waals surface area contributed by atoms with Gasteiger partial charge in [-0.2, -0.15) is 0 Å². The van der Waals surface area contributed by atoms with Gasteiger partial charge in [-0.25, -0.2) is 4.79 Å². The summed E-state index contributed by atoms with van der Waals surface area (Å²) in [6, 6.07) is 11.6. The van der Waals surface area contributed by atoms with Gasteiger partial charge in [0.15, 0.2) is 0 Å². The Labute approximate surface area is 147 Å². The molecule has 0 radical (unpaired) electrons. The van der Waals surface area contributed by atoms with E-state index in [1.54, 1.807) is 18.1 Å². The van der Waals surface area contributed by atoms with Crippen LogP contribution >= 0.6 is 0 Å². The van der Waals surface area contributed by atoms with Crippen LogP contribution in [0, 0.1) is 6.92 Å². The molecule has 1 saturated heterocycles. The van der Waals surface area contributed by atoms with Crippen LogP contribution in [0.2, 0.25) is 0 Å². The fourth-order valence-corrected chi connectivity index (χ4v) is 2.96. The summed E-state index contributed by atoms with van der Waals surface area (Å²) in [6.07, 6.45) is 2.41. The van der Waals surface area contributed by atoms with Crippen molar-refractivity contribution in [2.45, 2.75) is 19.4 Å². The Morgan fingerprint density at radius 1 is 1.28 bits per heavy atom. The summed E-state index contributed by atoms with van der Waals surface area (Å²) < 4.78 is 7.25. The number of morpholine rings is 1. The number of nitrogens with zero attached hydrogens (tertiary/aromatic N) is 2. The second-order valence-corrected chi connectivity index (χ2v) is 6.35. The highest BCUT2D eigenvalue weighted by Gasteiger charge is 2.25. The summed E-state index contributed by atoms with van der Waals surface area (Å²) in [6.45, 7) is 3.33. The van der Waals surface area contributed by atoms with Crippen LogP contribution in [-0.4, -0.2) is 41.3 Å². The summed E-state index contributed by atoms with van der Waals surface area (Å²) in [4.78, 5) is 26.5. The first-order chi connectivity index (χ1) is 12.0. The van der Waals surface area contributed by atoms with E-state index in [2.05, 4.69) is 17.4 Å². The molecule has 1 aliphatic rings. The molecule has 1 N–H and O–H groups in total. The van der Waals surface area contributed by atoms with Crippen molar-refractivity contribution in [2.24, 2.45) is 7.05 Å². The molecule has 0 bridgehead atoms. The number of benzene rings is 1. The van der Waals surface area contributed by atoms with Crippen molar-refractivity contribution in [2.75, 3.05) is 25.0 Å². The van der Waals surface area contributed by atoms with Crippen LogP contribution in [0.5, 0.6) is 0 Å². The van der Waals surface area contributed by atoms with Gasteiger partial charge in [-0.3, -0.25) is 4.79 Å². The molecule has 0 saturated carbocycles. The van der Waals surface area contributed by atoms with Crippen LogP contribution in [0.3, 0.4) is 0 Å². The van der Waals surface area contributed by atoms with Crippen molar-refractivity contribution in [3.8, 4) is 0 Å². The Morgan fingerprint density at radius 3 is 2.80 bits per heavy atom. The molecule has 0 spiro atoms. The lowest BCUT2D eigenvalue weighted by molar-refractivity contribution is -0.0113. The minimum atomic E-state index is -0.257. The molecule has 6 nitrogen and oxygen atoms in total. The Morgan fingerprint density at radius 2 is 2.04 bits per heavy atom. The van der Waals surface area contributed by atoms with E-state index < -0.39 is 0 Å². The summed E-state index contributed by atoms with van der Waals surface area (Å²) in [5, 5.41) is 2.77. The molecule has 25 heavy (non-hydrogen) atoms. The first-order valence-corrected chi connectivity index (χ1v) is 8.42. The topological polar surface area (TPSA) is 63.6 Å². The Hall–Kier alpha value is -2.60. The second kappa shape index (κ2) is 7.53. The summed E-state index contributed by atoms with van der Waals surface area (Å²) in [5.41, 5.74) is 2.07. The molecule has 132 valence electrons. The second-order valence-electron chi connectivity index (χ2n) is 6.35. The molecule has 1 aromatic carbocycles. The van der Waals surface area contributed by atoms with Gasteiger partial charge in [0.05, 0.1) is 12.7 Å². The number of carbonyl (C=O) groups is 1. The lowest BCUT2D eigenvalue weighted by atomic mass is 10.1. The van der Waals surface area contributed by atoms with E-state index in [1.807, 2.05) is 31.2 Å². The number of rotatable bonds is 3. The van der Waals surface area contributed by atoms with Crippen LogP contribution in [0.25, 0.3) is 0 Å². The average Bonchev–Trinajstić information content (AvgIpc) is 2.63. The van der Waals surface area contributed by atoms with E-state index >= 15 is 0 Å². The van der Waals surface area contributed by atoms with Gasteiger partial charge < -0.3 is 19.5 Å². The highest BCUT2D eigenvalue weighted by atomic mass is 16.5. The number of anilines is 1. The third-order valence-electron chi connectivity index (χ3n) is 4.44. The maximum atomic E-state index is 12.6. The average molecular weight is 341 g/mol. The van der Waals surface area contributed by atoms with Gasteiger partial charge in [0, 0.05) is 32.8 Å². The van der Waals surface area contributed by atoms with E-state index in [9.17, 15) is 9.59 Å². The smallest absolute Gasteiger partial charge is 0.322 e. The standard InChI is InChI=1S/C19H23N3O3/c1-14-8-9-21(2)18(23)17(14)20-19(24)22-10-11-25-16(13-22)12-15-6-4-3-5-7-15/h3-9,16H,10-13H2,1-2H3,(H,20,24)/t16-/m1/s1. The first kappa shape index (κ1) is 17.2. The van der Waals surface area contributed by atoms with E-state index in [-0.39, 0.29) is 17.7 Å². The highest BCUT2D eigenvalue weighted by Crippen LogP contribution is 2.14. The van der Waals surface area contributed by atoms with Gasteiger partial charge in [0.2, 0.25) is 0 Å². The van der Waals surface area contributed by atoms with Gasteiger partial charge in [-0.15, -0.1) is 0 Å². The van der Waals surface area contributed by atoms with Gasteiger partial charge in [-0.05, 0) is 24.1 Å². The first-order valence-electron chi connectivity index (χ1n) is 8.42. The van der Waals surface area contributed by atoms with Crippen LogP contribution in [0.15, 0.2) is 47.4 Å². The third-order valence-corrected chi connectivity index (χ3v) is 4.44. The van der Waals surface area contributed by atoms with Crippen molar-refractivity contribution < 1.29 is 9.53 Å². The van der Waals surface area contributed by atoms with Crippen molar-refractivity contribution in [1.82, 2.24) is 9.47 Å². The van der Waals surface area contributed by atoms with Crippen molar-refractivity contribution in [1.29, 1.82) is 0 Å². The molecule has 6 heteroatoms. The molecule has 2 amide bonds. The van der Waals surface area contributed by atoms with Crippen LogP contribution in [0.4, 0.5) is 10.5 Å². The van der Waals surface area contributed by atoms with E-state index in [4.69, 9.17) is 4.74 Å². The van der Waals surface area contributed by atoms with Crippen LogP contribution < -0.4 is 10.9 Å². The van der Waals surface area contributed by atoms with Crippen molar-refractivity contribution >= 4 is 11.7 Å². The van der Waals surface area contributed by atoms with E-state index in [0.717, 1.165) is 12.0 Å². The zero-order valence-electron chi connectivity index (χ0n) is 14.6. The fourth-order valence-electron chi connectivity index (χ4n) is 2.96. The summed E-state index contributed by atoms with van der Waals surface area (Å²) >= 11 is 0. The number of nitrogens with one attached hydrogen (secondary N) is 1. The molecule has 1 atom stereocenters. The molecule has 1 fully saturated rings. The van der Waals surface area contributed by atoms with Gasteiger partial charge in [0.25, 0.3) is 5.56 Å². The monoisotopic (exact) mass is 341 g/mol. The van der Waals surface area contributed by atoms with E-state index in [0.29, 0.717) is 25.4 Å². The van der Waals surface area contributed by atoms with Crippen molar-refractivity contribution in [3.05, 3.63) is 64.1 Å². The predicted molar refractivity (Wildman–Crippen MR) is 96.9 cm³/mol. The Balaban J connectivity index is 1.66. The maximum absolute atomic E-state index is 12.6. The number of aryl methyl sites for hydroxylation is 2. The highest BCUT2D eigenvalue weighted by molar-refractivity contribution is 5.90. The number of aromatic nitrogens is 1. The largest absolute Gasteiger partial charge is 0.374 e. The Bertz CT molecular complexity index is 801. The molecule has 0 aliphatic carbocycles. The van der Waals surface area contributed by atoms with Gasteiger partial charge >= 0.3 is 6.03 Å². The summed E-state index contributed by atoms with van der Waals surface area (Å²) in [7, 11) is 1.67. The quantitative estimate of drug-likeness (QED) is 0.931. The number of hydrogen-bond donors (Lipinski definition) is 1. The molecule has 1 aromatic heterocycles. The number of pyridine rings is 1. The number of hydrogen-bond acceptors (Lipinski definition) is 3. The third kappa shape index (κ3) is 4.09. The number of ether oxygens (including phenoxy) is 1. The summed E-state index contributed by atoms with van der Waals surface area (Å²) in [5.74, 6) is 0. The van der Waals surface area contributed by atoms with Crippen LogP contribution in [-0.2, 0) is 18.2 Å². The minimum absolute atomic E-state index is 0.0402. The molecule has 1 aliphatic heterocycles. The zero-order chi connectivity index (χ0) is 17.8. The van der Waals surface area contributed by atoms with Crippen LogP contribution in [0.1, 0.15) is 11.1 Å². The zero-order valence-corrected chi connectivity index (χ0v) is 14.6. The van der Waals surface area contributed by atoms with Gasteiger partial charge in [-0.1, -0.05) is 30.3 Å². The number of amides is 2. The lowest BCUT2D eigenvalue weighted by Gasteiger charge is -2.33. The molecule has 2 aromatic rings. The number of urea groups is 1. The lowest BCUT2D eigenvalue weighted by Crippen LogP contribution is -2.48. The fraction of sp³-hybridized carbons (Fsp3) is 0.368. The van der Waals surface area contributed by atoms with E-state index in [1.165, 1.54) is 10.1 Å². The normalized spacial score (nSPS) is 17.4.